The smallest absolute Gasteiger partial charge is 0.331 e. The second-order valence-corrected chi connectivity index (χ2v) is 5.50. The van der Waals surface area contributed by atoms with Crippen LogP contribution in [0.2, 0.25) is 0 Å². The van der Waals surface area contributed by atoms with E-state index in [2.05, 4.69) is 10.6 Å². The minimum Gasteiger partial charge on any atom is -0.460 e. The molecule has 0 aromatic rings. The summed E-state index contributed by atoms with van der Waals surface area (Å²) in [6, 6.07) is -0.914. The minimum atomic E-state index is -0.914. The van der Waals surface area contributed by atoms with E-state index < -0.39 is 23.9 Å². The van der Waals surface area contributed by atoms with Crippen molar-refractivity contribution in [3.8, 4) is 0 Å². The van der Waals surface area contributed by atoms with Gasteiger partial charge in [0.1, 0.15) is 18.8 Å². The molecule has 8 heteroatoms. The van der Waals surface area contributed by atoms with Crippen molar-refractivity contribution in [3.63, 3.8) is 0 Å². The second-order valence-electron chi connectivity index (χ2n) is 5.50. The SMILES string of the molecule is O=C1CNC(=O)[C@H](COC(=O)/C=C/C(=O)OC2CCCCC2)N1. The van der Waals surface area contributed by atoms with Crippen molar-refractivity contribution in [2.24, 2.45) is 0 Å². The number of carbonyl (C=O) groups excluding carboxylic acids is 4. The zero-order chi connectivity index (χ0) is 16.7. The van der Waals surface area contributed by atoms with Gasteiger partial charge in [-0.2, -0.15) is 0 Å². The molecule has 1 heterocycles. The molecule has 2 fully saturated rings. The van der Waals surface area contributed by atoms with Crippen molar-refractivity contribution >= 4 is 23.8 Å². The Morgan fingerprint density at radius 3 is 2.52 bits per heavy atom. The summed E-state index contributed by atoms with van der Waals surface area (Å²) in [7, 11) is 0. The summed E-state index contributed by atoms with van der Waals surface area (Å²) in [5, 5.41) is 4.76. The van der Waals surface area contributed by atoms with Crippen LogP contribution in [0.5, 0.6) is 0 Å². The molecule has 2 N–H and O–H groups in total. The Morgan fingerprint density at radius 1 is 1.09 bits per heavy atom. The van der Waals surface area contributed by atoms with Crippen molar-refractivity contribution in [2.75, 3.05) is 13.2 Å². The van der Waals surface area contributed by atoms with Crippen LogP contribution in [-0.2, 0) is 28.7 Å². The van der Waals surface area contributed by atoms with E-state index in [0.717, 1.165) is 44.3 Å². The highest BCUT2D eigenvalue weighted by Gasteiger charge is 2.26. The molecule has 1 aliphatic carbocycles. The number of esters is 2. The third-order valence-corrected chi connectivity index (χ3v) is 3.66. The van der Waals surface area contributed by atoms with E-state index in [1.165, 1.54) is 0 Å². The number of rotatable bonds is 5. The van der Waals surface area contributed by atoms with Crippen LogP contribution in [0.1, 0.15) is 32.1 Å². The third-order valence-electron chi connectivity index (χ3n) is 3.66. The minimum absolute atomic E-state index is 0.0851. The molecule has 8 nitrogen and oxygen atoms in total. The second kappa shape index (κ2) is 8.30. The Kier molecular flexibility index (Phi) is 6.13. The molecular formula is C15H20N2O6. The van der Waals surface area contributed by atoms with Crippen LogP contribution in [0.15, 0.2) is 12.2 Å². The Labute approximate surface area is 133 Å². The highest BCUT2D eigenvalue weighted by Crippen LogP contribution is 2.20. The lowest BCUT2D eigenvalue weighted by atomic mass is 9.98. The monoisotopic (exact) mass is 324 g/mol. The molecule has 0 unspecified atom stereocenters. The standard InChI is InChI=1S/C15H20N2O6/c18-12-8-16-15(21)11(17-12)9-22-13(19)6-7-14(20)23-10-4-2-1-3-5-10/h6-7,10-11H,1-5,8-9H2,(H,16,21)(H,17,18)/b7-6+/t11-/m0/s1. The van der Waals surface area contributed by atoms with Crippen LogP contribution in [0.25, 0.3) is 0 Å². The summed E-state index contributed by atoms with van der Waals surface area (Å²) < 4.78 is 10.0. The van der Waals surface area contributed by atoms with Gasteiger partial charge in [-0.3, -0.25) is 9.59 Å². The quantitative estimate of drug-likeness (QED) is 0.525. The van der Waals surface area contributed by atoms with Gasteiger partial charge in [0, 0.05) is 12.2 Å². The number of ether oxygens (including phenoxy) is 2. The predicted molar refractivity (Wildman–Crippen MR) is 78.0 cm³/mol. The number of amides is 2. The summed E-state index contributed by atoms with van der Waals surface area (Å²) in [4.78, 5) is 45.6. The summed E-state index contributed by atoms with van der Waals surface area (Å²) in [6.45, 7) is -0.380. The van der Waals surface area contributed by atoms with Gasteiger partial charge in [-0.25, -0.2) is 9.59 Å². The summed E-state index contributed by atoms with van der Waals surface area (Å²) in [6.07, 6.45) is 6.81. The number of piperazine rings is 1. The Hall–Kier alpha value is -2.38. The largest absolute Gasteiger partial charge is 0.460 e. The summed E-state index contributed by atoms with van der Waals surface area (Å²) in [5.74, 6) is -2.13. The van der Waals surface area contributed by atoms with Crippen LogP contribution >= 0.6 is 0 Å². The molecule has 126 valence electrons. The molecule has 0 bridgehead atoms. The van der Waals surface area contributed by atoms with E-state index in [4.69, 9.17) is 9.47 Å². The Balaban J connectivity index is 1.69. The highest BCUT2D eigenvalue weighted by atomic mass is 16.5. The fourth-order valence-corrected chi connectivity index (χ4v) is 2.46. The number of hydrogen-bond donors (Lipinski definition) is 2. The molecule has 2 amide bonds. The van der Waals surface area contributed by atoms with E-state index in [0.29, 0.717) is 0 Å². The van der Waals surface area contributed by atoms with Gasteiger partial charge in [0.25, 0.3) is 0 Å². The van der Waals surface area contributed by atoms with Crippen molar-refractivity contribution < 1.29 is 28.7 Å². The van der Waals surface area contributed by atoms with Crippen LogP contribution < -0.4 is 10.6 Å². The normalized spacial score (nSPS) is 22.3. The number of hydrogen-bond acceptors (Lipinski definition) is 6. The molecule has 2 aliphatic rings. The van der Waals surface area contributed by atoms with Gasteiger partial charge in [0.15, 0.2) is 0 Å². The maximum Gasteiger partial charge on any atom is 0.331 e. The van der Waals surface area contributed by atoms with E-state index in [1.807, 2.05) is 0 Å². The zero-order valence-electron chi connectivity index (χ0n) is 12.7. The lowest BCUT2D eigenvalue weighted by Gasteiger charge is -2.22. The van der Waals surface area contributed by atoms with Gasteiger partial charge in [-0.15, -0.1) is 0 Å². The Bertz CT molecular complexity index is 510. The lowest BCUT2D eigenvalue weighted by molar-refractivity contribution is -0.146. The molecule has 0 spiro atoms. The first-order chi connectivity index (χ1) is 11.0. The van der Waals surface area contributed by atoms with Gasteiger partial charge in [-0.05, 0) is 25.7 Å². The molecule has 1 atom stereocenters. The summed E-state index contributed by atoms with van der Waals surface area (Å²) >= 11 is 0. The molecule has 0 radical (unpaired) electrons. The van der Waals surface area contributed by atoms with Crippen LogP contribution in [0.4, 0.5) is 0 Å². The predicted octanol–water partition coefficient (Wildman–Crippen LogP) is -0.424. The van der Waals surface area contributed by atoms with E-state index in [1.54, 1.807) is 0 Å². The van der Waals surface area contributed by atoms with Gasteiger partial charge in [-0.1, -0.05) is 6.42 Å². The molecular weight excluding hydrogens is 304 g/mol. The van der Waals surface area contributed by atoms with Crippen molar-refractivity contribution in [1.29, 1.82) is 0 Å². The Morgan fingerprint density at radius 2 is 1.78 bits per heavy atom. The molecule has 0 aromatic carbocycles. The summed E-state index contributed by atoms with van der Waals surface area (Å²) in [5.41, 5.74) is 0. The van der Waals surface area contributed by atoms with Crippen molar-refractivity contribution in [3.05, 3.63) is 12.2 Å². The van der Waals surface area contributed by atoms with E-state index >= 15 is 0 Å². The van der Waals surface area contributed by atoms with Crippen molar-refractivity contribution in [1.82, 2.24) is 10.6 Å². The fraction of sp³-hybridized carbons (Fsp3) is 0.600. The average molecular weight is 324 g/mol. The zero-order valence-corrected chi connectivity index (χ0v) is 12.7. The maximum atomic E-state index is 11.6. The van der Waals surface area contributed by atoms with E-state index in [9.17, 15) is 19.2 Å². The highest BCUT2D eigenvalue weighted by molar-refractivity contribution is 5.95. The first kappa shape index (κ1) is 17.0. The van der Waals surface area contributed by atoms with Gasteiger partial charge < -0.3 is 20.1 Å². The first-order valence-corrected chi connectivity index (χ1v) is 7.67. The van der Waals surface area contributed by atoms with Crippen LogP contribution in [0.3, 0.4) is 0 Å². The lowest BCUT2D eigenvalue weighted by Crippen LogP contribution is -2.58. The van der Waals surface area contributed by atoms with Gasteiger partial charge >= 0.3 is 11.9 Å². The molecule has 0 aromatic heterocycles. The number of carbonyl (C=O) groups is 4. The third kappa shape index (κ3) is 5.72. The molecule has 1 aliphatic heterocycles. The fourth-order valence-electron chi connectivity index (χ4n) is 2.46. The van der Waals surface area contributed by atoms with Crippen molar-refractivity contribution in [2.45, 2.75) is 44.2 Å². The van der Waals surface area contributed by atoms with Gasteiger partial charge in [0.05, 0.1) is 6.54 Å². The molecule has 1 saturated carbocycles. The molecule has 1 saturated heterocycles. The maximum absolute atomic E-state index is 11.6. The van der Waals surface area contributed by atoms with Crippen LogP contribution in [-0.4, -0.2) is 49.1 Å². The van der Waals surface area contributed by atoms with Crippen LogP contribution in [0, 0.1) is 0 Å². The molecule has 23 heavy (non-hydrogen) atoms. The van der Waals surface area contributed by atoms with E-state index in [-0.39, 0.29) is 25.2 Å². The first-order valence-electron chi connectivity index (χ1n) is 7.67. The number of nitrogens with one attached hydrogen (secondary N) is 2. The topological polar surface area (TPSA) is 111 Å². The average Bonchev–Trinajstić information content (AvgIpc) is 2.54. The van der Waals surface area contributed by atoms with Gasteiger partial charge in [0.2, 0.25) is 11.8 Å². The molecule has 2 rings (SSSR count).